The van der Waals surface area contributed by atoms with E-state index in [-0.39, 0.29) is 11.5 Å². The highest BCUT2D eigenvalue weighted by Crippen LogP contribution is 2.21. The SMILES string of the molecule is C=C/C(O)=C(\C=C/C)C(/C=C\C)=C(O)/C=C\CC. The summed E-state index contributed by atoms with van der Waals surface area (Å²) in [7, 11) is 0. The Hall–Kier alpha value is -1.96. The van der Waals surface area contributed by atoms with E-state index in [4.69, 9.17) is 0 Å². The minimum absolute atomic E-state index is 0.0395. The van der Waals surface area contributed by atoms with E-state index in [1.165, 1.54) is 6.08 Å². The van der Waals surface area contributed by atoms with Crippen LogP contribution in [0.2, 0.25) is 0 Å². The third kappa shape index (κ3) is 4.91. The summed E-state index contributed by atoms with van der Waals surface area (Å²) in [5, 5.41) is 19.9. The summed E-state index contributed by atoms with van der Waals surface area (Å²) in [6, 6.07) is 0. The summed E-state index contributed by atoms with van der Waals surface area (Å²) in [4.78, 5) is 0. The Morgan fingerprint density at radius 1 is 0.944 bits per heavy atom. The quantitative estimate of drug-likeness (QED) is 0.516. The Morgan fingerprint density at radius 2 is 1.44 bits per heavy atom. The Bertz CT molecular complexity index is 418. The Morgan fingerprint density at radius 3 is 1.83 bits per heavy atom. The maximum Gasteiger partial charge on any atom is 0.123 e. The van der Waals surface area contributed by atoms with Gasteiger partial charge >= 0.3 is 0 Å². The number of aliphatic hydroxyl groups excluding tert-OH is 2. The first-order valence-corrected chi connectivity index (χ1v) is 6.03. The molecule has 0 unspecified atom stereocenters. The van der Waals surface area contributed by atoms with E-state index in [1.807, 2.05) is 32.9 Å². The van der Waals surface area contributed by atoms with Crippen LogP contribution in [0.4, 0.5) is 0 Å². The van der Waals surface area contributed by atoms with Crippen molar-refractivity contribution in [2.24, 2.45) is 0 Å². The first kappa shape index (κ1) is 16.0. The summed E-state index contributed by atoms with van der Waals surface area (Å²) in [5.41, 5.74) is 1.11. The van der Waals surface area contributed by atoms with Crippen molar-refractivity contribution in [1.29, 1.82) is 0 Å². The zero-order valence-electron chi connectivity index (χ0n) is 11.4. The molecule has 0 aliphatic heterocycles. The minimum Gasteiger partial charge on any atom is -0.507 e. The van der Waals surface area contributed by atoms with Crippen LogP contribution in [-0.2, 0) is 0 Å². The molecule has 0 rings (SSSR count). The van der Waals surface area contributed by atoms with Gasteiger partial charge in [-0.25, -0.2) is 0 Å². The molecule has 0 amide bonds. The second-order valence-corrected chi connectivity index (χ2v) is 3.61. The van der Waals surface area contributed by atoms with Crippen molar-refractivity contribution in [3.05, 3.63) is 71.8 Å². The van der Waals surface area contributed by atoms with Gasteiger partial charge in [-0.1, -0.05) is 43.9 Å². The molecule has 0 aliphatic carbocycles. The Balaban J connectivity index is 5.86. The molecule has 0 bridgehead atoms. The zero-order valence-corrected chi connectivity index (χ0v) is 11.4. The maximum atomic E-state index is 10.0. The lowest BCUT2D eigenvalue weighted by Gasteiger charge is -2.07. The van der Waals surface area contributed by atoms with Crippen LogP contribution in [-0.4, -0.2) is 10.2 Å². The number of hydrogen-bond acceptors (Lipinski definition) is 2. The van der Waals surface area contributed by atoms with Crippen molar-refractivity contribution in [2.45, 2.75) is 27.2 Å². The first-order valence-electron chi connectivity index (χ1n) is 6.03. The number of hydrogen-bond donors (Lipinski definition) is 2. The molecule has 0 aromatic carbocycles. The van der Waals surface area contributed by atoms with Gasteiger partial charge in [0.2, 0.25) is 0 Å². The van der Waals surface area contributed by atoms with Crippen LogP contribution in [0.1, 0.15) is 27.2 Å². The average Bonchev–Trinajstić information content (AvgIpc) is 2.39. The van der Waals surface area contributed by atoms with Gasteiger partial charge in [-0.2, -0.15) is 0 Å². The highest BCUT2D eigenvalue weighted by molar-refractivity contribution is 5.52. The van der Waals surface area contributed by atoms with Gasteiger partial charge in [-0.05, 0) is 32.4 Å². The number of aliphatic hydroxyl groups is 2. The third-order valence-corrected chi connectivity index (χ3v) is 2.21. The molecule has 0 saturated carbocycles. The molecular weight excluding hydrogens is 224 g/mol. The summed E-state index contributed by atoms with van der Waals surface area (Å²) in [6.45, 7) is 9.23. The van der Waals surface area contributed by atoms with Gasteiger partial charge in [0.05, 0.1) is 0 Å². The molecule has 18 heavy (non-hydrogen) atoms. The summed E-state index contributed by atoms with van der Waals surface area (Å²) < 4.78 is 0. The second kappa shape index (κ2) is 9.11. The van der Waals surface area contributed by atoms with Crippen LogP contribution >= 0.6 is 0 Å². The molecule has 0 aromatic heterocycles. The molecule has 2 heteroatoms. The van der Waals surface area contributed by atoms with Crippen molar-refractivity contribution in [1.82, 2.24) is 0 Å². The molecule has 0 atom stereocenters. The van der Waals surface area contributed by atoms with Crippen molar-refractivity contribution >= 4 is 0 Å². The fourth-order valence-corrected chi connectivity index (χ4v) is 1.39. The van der Waals surface area contributed by atoms with Crippen LogP contribution in [0.25, 0.3) is 0 Å². The van der Waals surface area contributed by atoms with Crippen LogP contribution in [0.15, 0.2) is 71.8 Å². The fourth-order valence-electron chi connectivity index (χ4n) is 1.39. The van der Waals surface area contributed by atoms with Gasteiger partial charge in [-0.15, -0.1) is 0 Å². The third-order valence-electron chi connectivity index (χ3n) is 2.21. The van der Waals surface area contributed by atoms with E-state index in [0.29, 0.717) is 11.1 Å². The highest BCUT2D eigenvalue weighted by atomic mass is 16.3. The molecule has 0 aromatic rings. The summed E-state index contributed by atoms with van der Waals surface area (Å²) in [6.07, 6.45) is 12.8. The van der Waals surface area contributed by atoms with E-state index in [2.05, 4.69) is 6.58 Å². The molecule has 0 heterocycles. The monoisotopic (exact) mass is 246 g/mol. The maximum absolute atomic E-state index is 10.0. The van der Waals surface area contributed by atoms with Gasteiger partial charge in [0.25, 0.3) is 0 Å². The predicted molar refractivity (Wildman–Crippen MR) is 78.6 cm³/mol. The topological polar surface area (TPSA) is 40.5 Å². The van der Waals surface area contributed by atoms with E-state index in [1.54, 1.807) is 24.3 Å². The molecule has 2 N–H and O–H groups in total. The van der Waals surface area contributed by atoms with Gasteiger partial charge in [0, 0.05) is 11.1 Å². The highest BCUT2D eigenvalue weighted by Gasteiger charge is 2.08. The summed E-state index contributed by atoms with van der Waals surface area (Å²) in [5.74, 6) is 0.161. The first-order chi connectivity index (χ1) is 8.62. The second-order valence-electron chi connectivity index (χ2n) is 3.61. The number of rotatable bonds is 6. The molecule has 98 valence electrons. The summed E-state index contributed by atoms with van der Waals surface area (Å²) >= 11 is 0. The molecule has 0 saturated heterocycles. The zero-order chi connectivity index (χ0) is 14.0. The molecule has 0 aliphatic rings. The minimum atomic E-state index is 0.0395. The van der Waals surface area contributed by atoms with E-state index < -0.39 is 0 Å². The van der Waals surface area contributed by atoms with Gasteiger partial charge in [0.15, 0.2) is 0 Å². The smallest absolute Gasteiger partial charge is 0.123 e. The normalized spacial score (nSPS) is 15.3. The van der Waals surface area contributed by atoms with E-state index >= 15 is 0 Å². The molecule has 2 nitrogen and oxygen atoms in total. The van der Waals surface area contributed by atoms with Gasteiger partial charge in [-0.3, -0.25) is 0 Å². The predicted octanol–water partition coefficient (Wildman–Crippen LogP) is 4.92. The fraction of sp³-hybridized carbons (Fsp3) is 0.250. The molecule has 0 radical (unpaired) electrons. The van der Waals surface area contributed by atoms with Crippen LogP contribution < -0.4 is 0 Å². The largest absolute Gasteiger partial charge is 0.507 e. The van der Waals surface area contributed by atoms with Crippen molar-refractivity contribution in [2.75, 3.05) is 0 Å². The standard InChI is InChI=1S/C16H22O2/c1-5-9-12-16(18)14(11-7-3)13(10-6-2)15(17)8-4/h6-12,17-18H,4-5H2,1-3H3/b10-6-,11-7-,12-9-,15-13-,16-14-. The van der Waals surface area contributed by atoms with Crippen molar-refractivity contribution in [3.63, 3.8) is 0 Å². The molecule has 0 spiro atoms. The van der Waals surface area contributed by atoms with Crippen molar-refractivity contribution < 1.29 is 10.2 Å². The Labute approximate surface area is 110 Å². The molecule has 0 fully saturated rings. The lowest BCUT2D eigenvalue weighted by atomic mass is 10.0. The number of allylic oxidation sites excluding steroid dienone is 9. The van der Waals surface area contributed by atoms with Gasteiger partial charge < -0.3 is 10.2 Å². The lowest BCUT2D eigenvalue weighted by Crippen LogP contribution is -1.94. The lowest BCUT2D eigenvalue weighted by molar-refractivity contribution is 0.418. The Kier molecular flexibility index (Phi) is 8.12. The van der Waals surface area contributed by atoms with Gasteiger partial charge in [0.1, 0.15) is 11.5 Å². The van der Waals surface area contributed by atoms with Crippen LogP contribution in [0.5, 0.6) is 0 Å². The van der Waals surface area contributed by atoms with E-state index in [9.17, 15) is 10.2 Å². The van der Waals surface area contributed by atoms with Crippen LogP contribution in [0, 0.1) is 0 Å². The average molecular weight is 246 g/mol. The van der Waals surface area contributed by atoms with E-state index in [0.717, 1.165) is 6.42 Å². The van der Waals surface area contributed by atoms with Crippen LogP contribution in [0.3, 0.4) is 0 Å². The van der Waals surface area contributed by atoms with Crippen molar-refractivity contribution in [3.8, 4) is 0 Å². The molecular formula is C16H22O2.